The van der Waals surface area contributed by atoms with E-state index in [2.05, 4.69) is 12.2 Å². The molecule has 0 spiro atoms. The van der Waals surface area contributed by atoms with Gasteiger partial charge in [0, 0.05) is 23.3 Å². The predicted molar refractivity (Wildman–Crippen MR) is 95.0 cm³/mol. The van der Waals surface area contributed by atoms with E-state index in [0.717, 1.165) is 29.2 Å². The molecule has 3 nitrogen and oxygen atoms in total. The molecule has 0 saturated heterocycles. The Morgan fingerprint density at radius 2 is 2.00 bits per heavy atom. The highest BCUT2D eigenvalue weighted by Crippen LogP contribution is 2.31. The SMILES string of the molecule is CCSCc1ccc(C(=O)N[C@H]2CCOc3ccccc32)cc1. The first-order valence-electron chi connectivity index (χ1n) is 7.97. The van der Waals surface area contributed by atoms with Crippen molar-refractivity contribution in [2.45, 2.75) is 25.1 Å². The van der Waals surface area contributed by atoms with E-state index in [-0.39, 0.29) is 11.9 Å². The van der Waals surface area contributed by atoms with Gasteiger partial charge in [-0.2, -0.15) is 11.8 Å². The molecule has 1 atom stereocenters. The zero-order valence-electron chi connectivity index (χ0n) is 13.2. The average molecular weight is 327 g/mol. The Labute approximate surface area is 141 Å². The molecular formula is C19H21NO2S. The normalized spacial score (nSPS) is 16.3. The Morgan fingerprint density at radius 1 is 1.22 bits per heavy atom. The van der Waals surface area contributed by atoms with Gasteiger partial charge in [0.2, 0.25) is 0 Å². The quantitative estimate of drug-likeness (QED) is 0.895. The van der Waals surface area contributed by atoms with Crippen LogP contribution in [0.15, 0.2) is 48.5 Å². The van der Waals surface area contributed by atoms with Gasteiger partial charge < -0.3 is 10.1 Å². The van der Waals surface area contributed by atoms with Gasteiger partial charge in [-0.25, -0.2) is 0 Å². The highest BCUT2D eigenvalue weighted by atomic mass is 32.2. The Morgan fingerprint density at radius 3 is 2.78 bits per heavy atom. The lowest BCUT2D eigenvalue weighted by Crippen LogP contribution is -2.32. The monoisotopic (exact) mass is 327 g/mol. The first-order valence-corrected chi connectivity index (χ1v) is 9.12. The molecular weight excluding hydrogens is 306 g/mol. The lowest BCUT2D eigenvalue weighted by atomic mass is 10.00. The first-order chi connectivity index (χ1) is 11.3. The number of fused-ring (bicyclic) bond motifs is 1. The number of para-hydroxylation sites is 1. The van der Waals surface area contributed by atoms with Crippen LogP contribution in [-0.2, 0) is 5.75 Å². The smallest absolute Gasteiger partial charge is 0.251 e. The lowest BCUT2D eigenvalue weighted by molar-refractivity contribution is 0.0925. The number of carbonyl (C=O) groups is 1. The number of ether oxygens (including phenoxy) is 1. The van der Waals surface area contributed by atoms with Crippen LogP contribution in [0.5, 0.6) is 5.75 Å². The summed E-state index contributed by atoms with van der Waals surface area (Å²) in [4.78, 5) is 12.5. The van der Waals surface area contributed by atoms with Crippen molar-refractivity contribution in [3.05, 3.63) is 65.2 Å². The van der Waals surface area contributed by atoms with Crippen molar-refractivity contribution in [1.82, 2.24) is 5.32 Å². The highest BCUT2D eigenvalue weighted by Gasteiger charge is 2.22. The summed E-state index contributed by atoms with van der Waals surface area (Å²) < 4.78 is 5.64. The minimum atomic E-state index is -0.0265. The summed E-state index contributed by atoms with van der Waals surface area (Å²) in [6.07, 6.45) is 0.800. The van der Waals surface area contributed by atoms with Crippen molar-refractivity contribution in [1.29, 1.82) is 0 Å². The molecule has 4 heteroatoms. The van der Waals surface area contributed by atoms with Crippen LogP contribution in [0, 0.1) is 0 Å². The maximum absolute atomic E-state index is 12.5. The van der Waals surface area contributed by atoms with E-state index >= 15 is 0 Å². The van der Waals surface area contributed by atoms with Crippen LogP contribution in [0.25, 0.3) is 0 Å². The fourth-order valence-electron chi connectivity index (χ4n) is 2.71. The average Bonchev–Trinajstić information content (AvgIpc) is 2.60. The van der Waals surface area contributed by atoms with E-state index in [9.17, 15) is 4.79 Å². The molecule has 0 saturated carbocycles. The molecule has 2 aromatic carbocycles. The van der Waals surface area contributed by atoms with Gasteiger partial charge in [-0.3, -0.25) is 4.79 Å². The second-order valence-electron chi connectivity index (χ2n) is 5.54. The summed E-state index contributed by atoms with van der Waals surface area (Å²) in [5.74, 6) is 2.94. The summed E-state index contributed by atoms with van der Waals surface area (Å²) in [7, 11) is 0. The second-order valence-corrected chi connectivity index (χ2v) is 6.81. The standard InChI is InChI=1S/C19H21NO2S/c1-2-23-13-14-7-9-15(10-8-14)19(21)20-17-11-12-22-18-6-4-3-5-16(17)18/h3-10,17H,2,11-13H2,1H3,(H,20,21)/t17-/m0/s1. The van der Waals surface area contributed by atoms with Crippen LogP contribution in [-0.4, -0.2) is 18.3 Å². The number of thioether (sulfide) groups is 1. The third-order valence-electron chi connectivity index (χ3n) is 3.95. The van der Waals surface area contributed by atoms with E-state index in [1.807, 2.05) is 60.3 Å². The van der Waals surface area contributed by atoms with Crippen molar-refractivity contribution >= 4 is 17.7 Å². The van der Waals surface area contributed by atoms with E-state index < -0.39 is 0 Å². The molecule has 1 aliphatic heterocycles. The summed E-state index contributed by atoms with van der Waals surface area (Å²) >= 11 is 1.88. The molecule has 1 amide bonds. The largest absolute Gasteiger partial charge is 0.493 e. The number of hydrogen-bond acceptors (Lipinski definition) is 3. The van der Waals surface area contributed by atoms with Crippen LogP contribution in [0.2, 0.25) is 0 Å². The van der Waals surface area contributed by atoms with Crippen molar-refractivity contribution in [3.8, 4) is 5.75 Å². The first kappa shape index (κ1) is 15.9. The molecule has 0 bridgehead atoms. The zero-order chi connectivity index (χ0) is 16.1. The summed E-state index contributed by atoms with van der Waals surface area (Å²) in [5.41, 5.74) is 3.02. The van der Waals surface area contributed by atoms with Gasteiger partial charge in [-0.15, -0.1) is 0 Å². The van der Waals surface area contributed by atoms with E-state index in [1.54, 1.807) is 0 Å². The predicted octanol–water partition coefficient (Wildman–Crippen LogP) is 4.19. The van der Waals surface area contributed by atoms with Crippen LogP contribution < -0.4 is 10.1 Å². The number of amides is 1. The topological polar surface area (TPSA) is 38.3 Å². The third kappa shape index (κ3) is 3.88. The van der Waals surface area contributed by atoms with E-state index in [0.29, 0.717) is 12.2 Å². The molecule has 0 aliphatic carbocycles. The molecule has 0 aromatic heterocycles. The molecule has 120 valence electrons. The Hall–Kier alpha value is -1.94. The van der Waals surface area contributed by atoms with Crippen LogP contribution >= 0.6 is 11.8 Å². The number of rotatable bonds is 5. The number of benzene rings is 2. The minimum absolute atomic E-state index is 0.0165. The minimum Gasteiger partial charge on any atom is -0.493 e. The summed E-state index contributed by atoms with van der Waals surface area (Å²) in [5, 5.41) is 3.13. The Balaban J connectivity index is 1.68. The molecule has 0 fully saturated rings. The van der Waals surface area contributed by atoms with E-state index in [4.69, 9.17) is 4.74 Å². The number of carbonyl (C=O) groups excluding carboxylic acids is 1. The Bertz CT molecular complexity index is 669. The summed E-state index contributed by atoms with van der Waals surface area (Å²) in [6.45, 7) is 2.79. The van der Waals surface area contributed by atoms with Gasteiger partial charge in [-0.05, 0) is 29.5 Å². The molecule has 23 heavy (non-hydrogen) atoms. The fraction of sp³-hybridized carbons (Fsp3) is 0.316. The van der Waals surface area contributed by atoms with Gasteiger partial charge in [0.25, 0.3) is 5.91 Å². The van der Waals surface area contributed by atoms with Crippen LogP contribution in [0.4, 0.5) is 0 Å². The third-order valence-corrected chi connectivity index (χ3v) is 4.90. The molecule has 1 aliphatic rings. The second kappa shape index (κ2) is 7.55. The van der Waals surface area contributed by atoms with Crippen molar-refractivity contribution in [3.63, 3.8) is 0 Å². The van der Waals surface area contributed by atoms with Gasteiger partial charge in [0.1, 0.15) is 5.75 Å². The number of nitrogens with one attached hydrogen (secondary N) is 1. The maximum Gasteiger partial charge on any atom is 0.251 e. The molecule has 1 N–H and O–H groups in total. The van der Waals surface area contributed by atoms with Crippen LogP contribution in [0.1, 0.15) is 40.9 Å². The molecule has 0 unspecified atom stereocenters. The van der Waals surface area contributed by atoms with Gasteiger partial charge >= 0.3 is 0 Å². The Kier molecular flexibility index (Phi) is 5.23. The number of hydrogen-bond donors (Lipinski definition) is 1. The molecule has 2 aromatic rings. The van der Waals surface area contributed by atoms with Gasteiger partial charge in [0.15, 0.2) is 0 Å². The van der Waals surface area contributed by atoms with Crippen molar-refractivity contribution in [2.24, 2.45) is 0 Å². The van der Waals surface area contributed by atoms with E-state index in [1.165, 1.54) is 5.56 Å². The molecule has 3 rings (SSSR count). The van der Waals surface area contributed by atoms with Crippen molar-refractivity contribution in [2.75, 3.05) is 12.4 Å². The van der Waals surface area contributed by atoms with Crippen molar-refractivity contribution < 1.29 is 9.53 Å². The maximum atomic E-state index is 12.5. The molecule has 1 heterocycles. The fourth-order valence-corrected chi connectivity index (χ4v) is 3.34. The van der Waals surface area contributed by atoms with Gasteiger partial charge in [0.05, 0.1) is 12.6 Å². The highest BCUT2D eigenvalue weighted by molar-refractivity contribution is 7.98. The summed E-state index contributed by atoms with van der Waals surface area (Å²) in [6, 6.07) is 15.8. The molecule has 0 radical (unpaired) electrons. The lowest BCUT2D eigenvalue weighted by Gasteiger charge is -2.26. The zero-order valence-corrected chi connectivity index (χ0v) is 14.1. The van der Waals surface area contributed by atoms with Gasteiger partial charge in [-0.1, -0.05) is 37.3 Å². The van der Waals surface area contributed by atoms with Crippen LogP contribution in [0.3, 0.4) is 0 Å².